The van der Waals surface area contributed by atoms with Crippen LogP contribution in [0.3, 0.4) is 0 Å². The van der Waals surface area contributed by atoms with Gasteiger partial charge >= 0.3 is 5.97 Å². The van der Waals surface area contributed by atoms with Gasteiger partial charge < -0.3 is 4.74 Å². The Morgan fingerprint density at radius 3 is 2.76 bits per heavy atom. The lowest BCUT2D eigenvalue weighted by atomic mass is 10.2. The fourth-order valence-corrected chi connectivity index (χ4v) is 2.48. The summed E-state index contributed by atoms with van der Waals surface area (Å²) in [6.07, 6.45) is 1.55. The number of nitrogens with zero attached hydrogens (tertiary/aromatic N) is 3. The van der Waals surface area contributed by atoms with Crippen LogP contribution in [0.5, 0.6) is 0 Å². The number of carbonyl (C=O) groups excluding carboxylic acids is 1. The van der Waals surface area contributed by atoms with Crippen LogP contribution in [-0.2, 0) is 17.7 Å². The van der Waals surface area contributed by atoms with Crippen LogP contribution < -0.4 is 0 Å². The van der Waals surface area contributed by atoms with Gasteiger partial charge in [0.25, 0.3) is 0 Å². The molecule has 0 spiro atoms. The number of ether oxygens (including phenoxy) is 1. The molecule has 112 valence electrons. The molecule has 0 saturated heterocycles. The van der Waals surface area contributed by atoms with E-state index in [4.69, 9.17) is 27.9 Å². The van der Waals surface area contributed by atoms with Gasteiger partial charge in [-0.05, 0) is 24.1 Å². The third-order valence-corrected chi connectivity index (χ3v) is 3.63. The quantitative estimate of drug-likeness (QED) is 0.790. The van der Waals surface area contributed by atoms with Crippen LogP contribution in [0.15, 0.2) is 18.2 Å². The third-order valence-electron chi connectivity index (χ3n) is 3.04. The van der Waals surface area contributed by atoms with E-state index in [0.29, 0.717) is 23.0 Å². The Kier molecular flexibility index (Phi) is 5.20. The summed E-state index contributed by atoms with van der Waals surface area (Å²) in [5.41, 5.74) is 1.86. The topological polar surface area (TPSA) is 57.0 Å². The van der Waals surface area contributed by atoms with E-state index in [1.54, 1.807) is 16.8 Å². The molecule has 1 aromatic carbocycles. The van der Waals surface area contributed by atoms with Gasteiger partial charge in [-0.15, -0.1) is 5.10 Å². The Morgan fingerprint density at radius 2 is 2.14 bits per heavy atom. The first-order chi connectivity index (χ1) is 10.1. The monoisotopic (exact) mass is 327 g/mol. The van der Waals surface area contributed by atoms with E-state index < -0.39 is 5.97 Å². The second-order valence-electron chi connectivity index (χ2n) is 4.52. The molecule has 0 amide bonds. The van der Waals surface area contributed by atoms with Gasteiger partial charge in [0.15, 0.2) is 5.69 Å². The normalized spacial score (nSPS) is 10.7. The zero-order valence-electron chi connectivity index (χ0n) is 11.8. The van der Waals surface area contributed by atoms with E-state index in [2.05, 4.69) is 10.3 Å². The standard InChI is InChI=1S/C14H15Cl2N3O2/c1-3-4-12-13(14(20)21-2)17-18-19(12)8-9-5-6-10(15)7-11(9)16/h5-7H,3-4,8H2,1-2H3. The molecule has 1 aromatic heterocycles. The Hall–Kier alpha value is -1.59. The summed E-state index contributed by atoms with van der Waals surface area (Å²) < 4.78 is 6.40. The molecule has 0 radical (unpaired) electrons. The van der Waals surface area contributed by atoms with E-state index in [9.17, 15) is 4.79 Å². The Balaban J connectivity index is 2.35. The molecule has 0 fully saturated rings. The van der Waals surface area contributed by atoms with E-state index in [-0.39, 0.29) is 5.69 Å². The molecular formula is C14H15Cl2N3O2. The number of halogens is 2. The molecule has 0 aliphatic rings. The minimum Gasteiger partial charge on any atom is -0.464 e. The second kappa shape index (κ2) is 6.91. The smallest absolute Gasteiger partial charge is 0.360 e. The largest absolute Gasteiger partial charge is 0.464 e. The third kappa shape index (κ3) is 3.54. The van der Waals surface area contributed by atoms with Crippen LogP contribution >= 0.6 is 23.2 Å². The van der Waals surface area contributed by atoms with Crippen molar-refractivity contribution >= 4 is 29.2 Å². The van der Waals surface area contributed by atoms with E-state index in [1.165, 1.54) is 7.11 Å². The zero-order chi connectivity index (χ0) is 15.4. The van der Waals surface area contributed by atoms with Crippen LogP contribution in [0, 0.1) is 0 Å². The zero-order valence-corrected chi connectivity index (χ0v) is 13.3. The summed E-state index contributed by atoms with van der Waals surface area (Å²) in [7, 11) is 1.33. The predicted molar refractivity (Wildman–Crippen MR) is 80.9 cm³/mol. The van der Waals surface area contributed by atoms with Crippen LogP contribution in [0.1, 0.15) is 35.1 Å². The van der Waals surface area contributed by atoms with Crippen LogP contribution in [0.4, 0.5) is 0 Å². The highest BCUT2D eigenvalue weighted by Crippen LogP contribution is 2.22. The number of benzene rings is 1. The Bertz CT molecular complexity index is 656. The fraction of sp³-hybridized carbons (Fsp3) is 0.357. The molecule has 21 heavy (non-hydrogen) atoms. The van der Waals surface area contributed by atoms with Crippen molar-refractivity contribution in [2.75, 3.05) is 7.11 Å². The molecule has 0 aliphatic carbocycles. The molecule has 1 heterocycles. The average molecular weight is 328 g/mol. The van der Waals surface area contributed by atoms with Crippen LogP contribution in [0.2, 0.25) is 10.0 Å². The summed E-state index contributed by atoms with van der Waals surface area (Å²) >= 11 is 12.1. The maximum atomic E-state index is 11.7. The molecule has 0 atom stereocenters. The number of methoxy groups -OCH3 is 1. The molecule has 5 nitrogen and oxygen atoms in total. The van der Waals surface area contributed by atoms with Crippen molar-refractivity contribution in [2.45, 2.75) is 26.3 Å². The molecular weight excluding hydrogens is 313 g/mol. The molecule has 2 rings (SSSR count). The number of aromatic nitrogens is 3. The van der Waals surface area contributed by atoms with E-state index in [1.807, 2.05) is 13.0 Å². The van der Waals surface area contributed by atoms with Crippen LogP contribution in [0.25, 0.3) is 0 Å². The van der Waals surface area contributed by atoms with Gasteiger partial charge in [-0.1, -0.05) is 47.8 Å². The molecule has 7 heteroatoms. The number of carbonyl (C=O) groups is 1. The Morgan fingerprint density at radius 1 is 1.38 bits per heavy atom. The molecule has 2 aromatic rings. The van der Waals surface area contributed by atoms with Gasteiger partial charge in [-0.3, -0.25) is 0 Å². The summed E-state index contributed by atoms with van der Waals surface area (Å²) in [6.45, 7) is 2.45. The lowest BCUT2D eigenvalue weighted by Gasteiger charge is -2.08. The van der Waals surface area contributed by atoms with Crippen molar-refractivity contribution in [3.63, 3.8) is 0 Å². The van der Waals surface area contributed by atoms with Crippen molar-refractivity contribution in [3.05, 3.63) is 45.2 Å². The number of rotatable bonds is 5. The minimum absolute atomic E-state index is 0.254. The first kappa shape index (κ1) is 15.8. The second-order valence-corrected chi connectivity index (χ2v) is 5.36. The molecule has 0 bridgehead atoms. The summed E-state index contributed by atoms with van der Waals surface area (Å²) in [5.74, 6) is -0.480. The van der Waals surface area contributed by atoms with Gasteiger partial charge in [-0.2, -0.15) is 0 Å². The summed E-state index contributed by atoms with van der Waals surface area (Å²) in [5, 5.41) is 9.09. The first-order valence-corrected chi connectivity index (χ1v) is 7.27. The lowest BCUT2D eigenvalue weighted by Crippen LogP contribution is -2.10. The molecule has 0 N–H and O–H groups in total. The highest BCUT2D eigenvalue weighted by molar-refractivity contribution is 6.35. The van der Waals surface area contributed by atoms with Crippen LogP contribution in [-0.4, -0.2) is 28.1 Å². The summed E-state index contributed by atoms with van der Waals surface area (Å²) in [4.78, 5) is 11.7. The van der Waals surface area contributed by atoms with E-state index >= 15 is 0 Å². The van der Waals surface area contributed by atoms with Gasteiger partial charge in [0, 0.05) is 10.0 Å². The minimum atomic E-state index is -0.480. The van der Waals surface area contributed by atoms with Crippen molar-refractivity contribution in [3.8, 4) is 0 Å². The van der Waals surface area contributed by atoms with Crippen molar-refractivity contribution in [1.29, 1.82) is 0 Å². The lowest BCUT2D eigenvalue weighted by molar-refractivity contribution is 0.0592. The van der Waals surface area contributed by atoms with Crippen molar-refractivity contribution in [1.82, 2.24) is 15.0 Å². The van der Waals surface area contributed by atoms with Crippen molar-refractivity contribution < 1.29 is 9.53 Å². The number of hydrogen-bond donors (Lipinski definition) is 0. The molecule has 0 unspecified atom stereocenters. The summed E-state index contributed by atoms with van der Waals surface area (Å²) in [6, 6.07) is 5.27. The van der Waals surface area contributed by atoms with Gasteiger partial charge in [0.05, 0.1) is 19.3 Å². The fourth-order valence-electron chi connectivity index (χ4n) is 2.01. The predicted octanol–water partition coefficient (Wildman–Crippen LogP) is 3.37. The maximum absolute atomic E-state index is 11.7. The van der Waals surface area contributed by atoms with Gasteiger partial charge in [-0.25, -0.2) is 9.48 Å². The first-order valence-electron chi connectivity index (χ1n) is 6.51. The van der Waals surface area contributed by atoms with E-state index in [0.717, 1.165) is 17.7 Å². The molecule has 0 saturated carbocycles. The molecule has 0 aliphatic heterocycles. The Labute approximate surface area is 132 Å². The average Bonchev–Trinajstić information content (AvgIpc) is 2.84. The SMILES string of the molecule is CCCc1c(C(=O)OC)nnn1Cc1ccc(Cl)cc1Cl. The van der Waals surface area contributed by atoms with Gasteiger partial charge in [0.2, 0.25) is 0 Å². The maximum Gasteiger partial charge on any atom is 0.360 e. The highest BCUT2D eigenvalue weighted by Gasteiger charge is 2.20. The number of hydrogen-bond acceptors (Lipinski definition) is 4. The highest BCUT2D eigenvalue weighted by atomic mass is 35.5. The van der Waals surface area contributed by atoms with Gasteiger partial charge in [0.1, 0.15) is 0 Å². The van der Waals surface area contributed by atoms with Crippen molar-refractivity contribution in [2.24, 2.45) is 0 Å². The number of esters is 1.